The molecule has 0 aliphatic carbocycles. The van der Waals surface area contributed by atoms with Crippen molar-refractivity contribution in [3.8, 4) is 0 Å². The van der Waals surface area contributed by atoms with Gasteiger partial charge in [-0.2, -0.15) is 11.8 Å². The van der Waals surface area contributed by atoms with Crippen LogP contribution in [0.25, 0.3) is 0 Å². The molecule has 1 heterocycles. The largest absolute Gasteiger partial charge is 0.351 e. The zero-order valence-corrected chi connectivity index (χ0v) is 10.9. The fraction of sp³-hybridized carbons (Fsp3) is 0.400. The van der Waals surface area contributed by atoms with E-state index < -0.39 is 0 Å². The molecule has 5 heteroatoms. The van der Waals surface area contributed by atoms with Crippen LogP contribution in [0.3, 0.4) is 0 Å². The number of hydrogen-bond acceptors (Lipinski definition) is 3. The van der Waals surface area contributed by atoms with Crippen molar-refractivity contribution in [2.45, 2.75) is 6.42 Å². The van der Waals surface area contributed by atoms with Crippen molar-refractivity contribution in [1.29, 1.82) is 0 Å². The van der Waals surface area contributed by atoms with Crippen LogP contribution >= 0.6 is 27.7 Å². The summed E-state index contributed by atoms with van der Waals surface area (Å²) in [6, 6.07) is 3.51. The van der Waals surface area contributed by atoms with Gasteiger partial charge in [0.15, 0.2) is 0 Å². The Bertz CT molecular complexity index is 316. The number of thioether (sulfide) groups is 1. The predicted molar refractivity (Wildman–Crippen MR) is 67.3 cm³/mol. The lowest BCUT2D eigenvalue weighted by atomic mass is 10.3. The smallest absolute Gasteiger partial charge is 0.269 e. The second kappa shape index (κ2) is 6.85. The minimum Gasteiger partial charge on any atom is -0.351 e. The van der Waals surface area contributed by atoms with Crippen molar-refractivity contribution >= 4 is 33.6 Å². The minimum atomic E-state index is -0.108. The summed E-state index contributed by atoms with van der Waals surface area (Å²) in [5.41, 5.74) is 0.461. The first-order valence-corrected chi connectivity index (χ1v) is 6.81. The molecular formula is C10H13BrN2OS. The van der Waals surface area contributed by atoms with Crippen molar-refractivity contribution in [2.24, 2.45) is 0 Å². The molecule has 0 atom stereocenters. The van der Waals surface area contributed by atoms with Gasteiger partial charge < -0.3 is 5.32 Å². The molecule has 0 spiro atoms. The average Bonchev–Trinajstić information content (AvgIpc) is 2.25. The molecule has 1 amide bonds. The number of amides is 1. The number of nitrogens with zero attached hydrogens (tertiary/aromatic N) is 1. The maximum atomic E-state index is 11.5. The molecular weight excluding hydrogens is 276 g/mol. The maximum Gasteiger partial charge on any atom is 0.269 e. The summed E-state index contributed by atoms with van der Waals surface area (Å²) in [4.78, 5) is 15.5. The van der Waals surface area contributed by atoms with E-state index in [1.807, 2.05) is 6.07 Å². The Morgan fingerprint density at radius 1 is 1.60 bits per heavy atom. The molecule has 1 rings (SSSR count). The Balaban J connectivity index is 2.37. The fourth-order valence-electron chi connectivity index (χ4n) is 1.02. The van der Waals surface area contributed by atoms with Crippen molar-refractivity contribution < 1.29 is 4.79 Å². The van der Waals surface area contributed by atoms with Gasteiger partial charge in [0.1, 0.15) is 5.69 Å². The summed E-state index contributed by atoms with van der Waals surface area (Å²) >= 11 is 5.05. The van der Waals surface area contributed by atoms with Crippen molar-refractivity contribution in [1.82, 2.24) is 10.3 Å². The highest BCUT2D eigenvalue weighted by Gasteiger charge is 2.04. The normalized spacial score (nSPS) is 10.0. The Kier molecular flexibility index (Phi) is 5.71. The highest BCUT2D eigenvalue weighted by Crippen LogP contribution is 2.07. The van der Waals surface area contributed by atoms with Gasteiger partial charge in [-0.3, -0.25) is 4.79 Å². The summed E-state index contributed by atoms with van der Waals surface area (Å²) in [5.74, 6) is 0.956. The van der Waals surface area contributed by atoms with Gasteiger partial charge in [0.2, 0.25) is 0 Å². The summed E-state index contributed by atoms with van der Waals surface area (Å²) in [7, 11) is 0. The quantitative estimate of drug-likeness (QED) is 0.846. The molecule has 15 heavy (non-hydrogen) atoms. The third kappa shape index (κ3) is 4.66. The zero-order valence-electron chi connectivity index (χ0n) is 8.50. The second-order valence-corrected chi connectivity index (χ2v) is 4.87. The van der Waals surface area contributed by atoms with Gasteiger partial charge in [-0.05, 0) is 46.5 Å². The van der Waals surface area contributed by atoms with Crippen LogP contribution in [0.1, 0.15) is 16.9 Å². The van der Waals surface area contributed by atoms with Crippen LogP contribution in [-0.2, 0) is 0 Å². The molecule has 0 aromatic carbocycles. The van der Waals surface area contributed by atoms with Gasteiger partial charge in [-0.1, -0.05) is 0 Å². The monoisotopic (exact) mass is 288 g/mol. The van der Waals surface area contributed by atoms with Crippen molar-refractivity contribution in [3.05, 3.63) is 28.5 Å². The molecule has 1 aromatic heterocycles. The molecule has 0 bridgehead atoms. The molecule has 0 saturated carbocycles. The molecule has 0 unspecified atom stereocenters. The van der Waals surface area contributed by atoms with E-state index in [0.29, 0.717) is 12.2 Å². The van der Waals surface area contributed by atoms with E-state index in [1.165, 1.54) is 0 Å². The van der Waals surface area contributed by atoms with Gasteiger partial charge in [0.05, 0.1) is 0 Å². The van der Waals surface area contributed by atoms with E-state index in [9.17, 15) is 4.79 Å². The molecule has 0 fully saturated rings. The van der Waals surface area contributed by atoms with E-state index >= 15 is 0 Å². The van der Waals surface area contributed by atoms with Gasteiger partial charge in [-0.15, -0.1) is 0 Å². The van der Waals surface area contributed by atoms with Crippen LogP contribution in [0.15, 0.2) is 22.8 Å². The zero-order chi connectivity index (χ0) is 11.1. The number of aromatic nitrogens is 1. The molecule has 0 saturated heterocycles. The molecule has 82 valence electrons. The third-order valence-corrected chi connectivity index (χ3v) is 2.94. The lowest BCUT2D eigenvalue weighted by Crippen LogP contribution is -2.25. The Labute approximate surface area is 102 Å². The Morgan fingerprint density at radius 2 is 2.40 bits per heavy atom. The topological polar surface area (TPSA) is 42.0 Å². The second-order valence-electron chi connectivity index (χ2n) is 2.96. The lowest BCUT2D eigenvalue weighted by molar-refractivity contribution is 0.0949. The Morgan fingerprint density at radius 3 is 3.00 bits per heavy atom. The van der Waals surface area contributed by atoms with Crippen molar-refractivity contribution in [3.63, 3.8) is 0 Å². The van der Waals surface area contributed by atoms with Crippen LogP contribution in [0, 0.1) is 0 Å². The SMILES string of the molecule is CSCCCNC(=O)c1ccc(Br)cn1. The number of carbonyl (C=O) groups is 1. The van der Waals surface area contributed by atoms with E-state index in [0.717, 1.165) is 16.6 Å². The summed E-state index contributed by atoms with van der Waals surface area (Å²) in [5, 5.41) is 2.82. The predicted octanol–water partition coefficient (Wildman–Crippen LogP) is 2.33. The van der Waals surface area contributed by atoms with E-state index in [1.54, 1.807) is 24.0 Å². The lowest BCUT2D eigenvalue weighted by Gasteiger charge is -2.03. The first kappa shape index (κ1) is 12.5. The Hall–Kier alpha value is -0.550. The number of carbonyl (C=O) groups excluding carboxylic acids is 1. The summed E-state index contributed by atoms with van der Waals surface area (Å²) < 4.78 is 0.876. The molecule has 1 N–H and O–H groups in total. The van der Waals surface area contributed by atoms with E-state index in [2.05, 4.69) is 32.5 Å². The minimum absolute atomic E-state index is 0.108. The molecule has 0 radical (unpaired) electrons. The molecule has 0 aliphatic rings. The highest BCUT2D eigenvalue weighted by atomic mass is 79.9. The first-order chi connectivity index (χ1) is 7.24. The number of pyridine rings is 1. The number of halogens is 1. The number of hydrogen-bond donors (Lipinski definition) is 1. The highest BCUT2D eigenvalue weighted by molar-refractivity contribution is 9.10. The average molecular weight is 289 g/mol. The first-order valence-electron chi connectivity index (χ1n) is 4.62. The van der Waals surface area contributed by atoms with E-state index in [4.69, 9.17) is 0 Å². The maximum absolute atomic E-state index is 11.5. The standard InChI is InChI=1S/C10H13BrN2OS/c1-15-6-2-5-12-10(14)9-4-3-8(11)7-13-9/h3-4,7H,2,5-6H2,1H3,(H,12,14). The van der Waals surface area contributed by atoms with Crippen molar-refractivity contribution in [2.75, 3.05) is 18.6 Å². The molecule has 0 aliphatic heterocycles. The van der Waals surface area contributed by atoms with Gasteiger partial charge in [-0.25, -0.2) is 4.98 Å². The fourth-order valence-corrected chi connectivity index (χ4v) is 1.69. The number of nitrogens with one attached hydrogen (secondary N) is 1. The number of rotatable bonds is 5. The summed E-state index contributed by atoms with van der Waals surface area (Å²) in [6.07, 6.45) is 4.67. The summed E-state index contributed by atoms with van der Waals surface area (Å²) in [6.45, 7) is 0.706. The van der Waals surface area contributed by atoms with Gasteiger partial charge in [0, 0.05) is 17.2 Å². The molecule has 3 nitrogen and oxygen atoms in total. The molecule has 1 aromatic rings. The van der Waals surface area contributed by atoms with Gasteiger partial charge in [0.25, 0.3) is 5.91 Å². The van der Waals surface area contributed by atoms with Crippen LogP contribution in [-0.4, -0.2) is 29.4 Å². The van der Waals surface area contributed by atoms with Crippen LogP contribution in [0.2, 0.25) is 0 Å². The van der Waals surface area contributed by atoms with Crippen LogP contribution in [0.5, 0.6) is 0 Å². The van der Waals surface area contributed by atoms with Crippen LogP contribution in [0.4, 0.5) is 0 Å². The van der Waals surface area contributed by atoms with E-state index in [-0.39, 0.29) is 5.91 Å². The van der Waals surface area contributed by atoms with Gasteiger partial charge >= 0.3 is 0 Å². The van der Waals surface area contributed by atoms with Crippen LogP contribution < -0.4 is 5.32 Å². The third-order valence-electron chi connectivity index (χ3n) is 1.77.